The number of aryl methyl sites for hydroxylation is 1. The van der Waals surface area contributed by atoms with E-state index in [1.165, 1.54) is 27.2 Å². The average molecular weight is 433 g/mol. The largest absolute Gasteiger partial charge is 0.496 e. The summed E-state index contributed by atoms with van der Waals surface area (Å²) in [4.78, 5) is 33.3. The monoisotopic (exact) mass is 433 g/mol. The lowest BCUT2D eigenvalue weighted by Gasteiger charge is -2.19. The number of hydrogen-bond donors (Lipinski definition) is 1. The highest BCUT2D eigenvalue weighted by Crippen LogP contribution is 2.30. The number of ketones is 1. The molecule has 168 valence electrons. The van der Waals surface area contributed by atoms with Crippen molar-refractivity contribution in [3.63, 3.8) is 0 Å². The van der Waals surface area contributed by atoms with Crippen LogP contribution in [0, 0.1) is 12.7 Å². The number of rotatable bonds is 12. The Bertz CT molecular complexity index is 876. The van der Waals surface area contributed by atoms with Gasteiger partial charge in [0.2, 0.25) is 0 Å². The van der Waals surface area contributed by atoms with Crippen molar-refractivity contribution in [3.8, 4) is 11.5 Å². The first-order chi connectivity index (χ1) is 14.9. The fraction of sp³-hybridized carbons (Fsp3) is 0.391. The van der Waals surface area contributed by atoms with Crippen molar-refractivity contribution < 1.29 is 33.2 Å². The number of Topliss-reactive ketones (excluding diaryl/α,β-unsaturated/α-hetero) is 1. The third-order valence-electron chi connectivity index (χ3n) is 4.77. The molecule has 2 aromatic rings. The summed E-state index contributed by atoms with van der Waals surface area (Å²) in [6.45, 7) is 3.38. The maximum absolute atomic E-state index is 14.0. The van der Waals surface area contributed by atoms with E-state index in [2.05, 4.69) is 10.2 Å². The minimum Gasteiger partial charge on any atom is -0.496 e. The molecule has 0 saturated heterocycles. The Morgan fingerprint density at radius 1 is 1.10 bits per heavy atom. The first-order valence-corrected chi connectivity index (χ1v) is 9.91. The molecule has 2 rings (SSSR count). The van der Waals surface area contributed by atoms with Crippen LogP contribution < -0.4 is 14.8 Å². The van der Waals surface area contributed by atoms with Crippen LogP contribution in [0.25, 0.3) is 0 Å². The average Bonchev–Trinajstić information content (AvgIpc) is 2.76. The van der Waals surface area contributed by atoms with E-state index in [-0.39, 0.29) is 24.8 Å². The summed E-state index contributed by atoms with van der Waals surface area (Å²) in [7, 11) is 3.05. The Kier molecular flexibility index (Phi) is 9.42. The lowest BCUT2D eigenvalue weighted by Crippen LogP contribution is -2.39. The second-order valence-electron chi connectivity index (χ2n) is 6.90. The lowest BCUT2D eigenvalue weighted by atomic mass is 9.96. The van der Waals surface area contributed by atoms with Gasteiger partial charge in [-0.15, -0.1) is 0 Å². The number of carbonyl (C=O) groups excluding carboxylic acids is 2. The van der Waals surface area contributed by atoms with Crippen LogP contribution in [0.5, 0.6) is 11.5 Å². The Morgan fingerprint density at radius 3 is 2.32 bits per heavy atom. The first-order valence-electron chi connectivity index (χ1n) is 9.91. The molecule has 1 unspecified atom stereocenters. The SMILES string of the molecule is COc1cc(C(=O)C(CCc2ccccc2F)NCCOOC(C)=O)cc(OC)c1C. The molecule has 0 heterocycles. The van der Waals surface area contributed by atoms with Crippen LogP contribution in [-0.4, -0.2) is 45.2 Å². The van der Waals surface area contributed by atoms with E-state index < -0.39 is 12.0 Å². The first kappa shape index (κ1) is 24.3. The van der Waals surface area contributed by atoms with Gasteiger partial charge in [-0.05, 0) is 43.5 Å². The molecule has 31 heavy (non-hydrogen) atoms. The van der Waals surface area contributed by atoms with Crippen LogP contribution in [0.15, 0.2) is 36.4 Å². The zero-order valence-corrected chi connectivity index (χ0v) is 18.2. The Labute approximate surface area is 181 Å². The minimum absolute atomic E-state index is 0.0591. The number of benzene rings is 2. The molecule has 0 aliphatic carbocycles. The smallest absolute Gasteiger partial charge is 0.339 e. The summed E-state index contributed by atoms with van der Waals surface area (Å²) in [6.07, 6.45) is 0.715. The Morgan fingerprint density at radius 2 is 1.74 bits per heavy atom. The molecule has 8 heteroatoms. The van der Waals surface area contributed by atoms with Gasteiger partial charge in [-0.25, -0.2) is 9.18 Å². The summed E-state index contributed by atoms with van der Waals surface area (Å²) in [5.74, 6) is -0.000458. The number of carbonyl (C=O) groups is 2. The van der Waals surface area contributed by atoms with Crippen LogP contribution >= 0.6 is 0 Å². The lowest BCUT2D eigenvalue weighted by molar-refractivity contribution is -0.269. The standard InChI is InChI=1S/C23H28FNO6/c1-15-21(28-3)13-18(14-22(15)29-4)23(27)20(25-11-12-30-31-16(2)26)10-9-17-7-5-6-8-19(17)24/h5-8,13-14,20,25H,9-12H2,1-4H3. The summed E-state index contributed by atoms with van der Waals surface area (Å²) < 4.78 is 24.8. The van der Waals surface area contributed by atoms with Crippen molar-refractivity contribution in [2.45, 2.75) is 32.7 Å². The number of hydrogen-bond acceptors (Lipinski definition) is 7. The van der Waals surface area contributed by atoms with Gasteiger partial charge in [0.05, 0.1) is 20.3 Å². The van der Waals surface area contributed by atoms with E-state index in [0.29, 0.717) is 35.5 Å². The van der Waals surface area contributed by atoms with Crippen LogP contribution in [0.2, 0.25) is 0 Å². The Hall–Kier alpha value is -2.97. The van der Waals surface area contributed by atoms with Crippen molar-refractivity contribution in [2.75, 3.05) is 27.4 Å². The molecule has 0 amide bonds. The zero-order valence-electron chi connectivity index (χ0n) is 18.2. The third-order valence-corrected chi connectivity index (χ3v) is 4.77. The fourth-order valence-electron chi connectivity index (χ4n) is 3.16. The van der Waals surface area contributed by atoms with Crippen molar-refractivity contribution in [1.29, 1.82) is 0 Å². The minimum atomic E-state index is -0.627. The van der Waals surface area contributed by atoms with Gasteiger partial charge in [0, 0.05) is 24.6 Å². The molecule has 0 spiro atoms. The third kappa shape index (κ3) is 7.04. The van der Waals surface area contributed by atoms with E-state index in [0.717, 1.165) is 5.56 Å². The summed E-state index contributed by atoms with van der Waals surface area (Å²) in [6, 6.07) is 9.15. The van der Waals surface area contributed by atoms with Crippen LogP contribution in [0.1, 0.15) is 34.8 Å². The number of halogens is 1. The van der Waals surface area contributed by atoms with Gasteiger partial charge >= 0.3 is 5.97 Å². The molecular weight excluding hydrogens is 405 g/mol. The molecule has 0 saturated carbocycles. The van der Waals surface area contributed by atoms with Gasteiger partial charge < -0.3 is 14.8 Å². The van der Waals surface area contributed by atoms with Crippen molar-refractivity contribution in [2.24, 2.45) is 0 Å². The molecule has 2 aromatic carbocycles. The molecule has 7 nitrogen and oxygen atoms in total. The summed E-state index contributed by atoms with van der Waals surface area (Å²) in [5, 5.41) is 3.10. The van der Waals surface area contributed by atoms with Crippen molar-refractivity contribution in [1.82, 2.24) is 5.32 Å². The quantitative estimate of drug-likeness (QED) is 0.238. The molecule has 0 aliphatic rings. The highest BCUT2D eigenvalue weighted by molar-refractivity contribution is 6.01. The second-order valence-corrected chi connectivity index (χ2v) is 6.90. The van der Waals surface area contributed by atoms with Gasteiger partial charge in [0.1, 0.15) is 23.9 Å². The van der Waals surface area contributed by atoms with Gasteiger partial charge in [-0.1, -0.05) is 18.2 Å². The molecule has 0 bridgehead atoms. The van der Waals surface area contributed by atoms with E-state index >= 15 is 0 Å². The number of methoxy groups -OCH3 is 2. The maximum atomic E-state index is 14.0. The topological polar surface area (TPSA) is 83.1 Å². The second kappa shape index (κ2) is 12.0. The van der Waals surface area contributed by atoms with E-state index in [1.54, 1.807) is 30.3 Å². The predicted molar refractivity (Wildman–Crippen MR) is 113 cm³/mol. The highest BCUT2D eigenvalue weighted by Gasteiger charge is 2.22. The van der Waals surface area contributed by atoms with Crippen LogP contribution in [-0.2, 0) is 21.0 Å². The Balaban J connectivity index is 2.18. The normalized spacial score (nSPS) is 11.6. The van der Waals surface area contributed by atoms with E-state index in [9.17, 15) is 14.0 Å². The van der Waals surface area contributed by atoms with Crippen molar-refractivity contribution >= 4 is 11.8 Å². The van der Waals surface area contributed by atoms with Gasteiger partial charge in [-0.2, -0.15) is 4.89 Å². The van der Waals surface area contributed by atoms with Gasteiger partial charge in [0.25, 0.3) is 0 Å². The summed E-state index contributed by atoms with van der Waals surface area (Å²) >= 11 is 0. The van der Waals surface area contributed by atoms with Gasteiger partial charge in [-0.3, -0.25) is 9.68 Å². The van der Waals surface area contributed by atoms with Crippen LogP contribution in [0.4, 0.5) is 4.39 Å². The molecular formula is C23H28FNO6. The van der Waals surface area contributed by atoms with E-state index in [4.69, 9.17) is 14.4 Å². The molecule has 0 radical (unpaired) electrons. The van der Waals surface area contributed by atoms with E-state index in [1.807, 2.05) is 6.92 Å². The summed E-state index contributed by atoms with van der Waals surface area (Å²) in [5.41, 5.74) is 1.72. The molecule has 0 aliphatic heterocycles. The number of nitrogens with one attached hydrogen (secondary N) is 1. The maximum Gasteiger partial charge on any atom is 0.339 e. The molecule has 0 fully saturated rings. The molecule has 1 N–H and O–H groups in total. The van der Waals surface area contributed by atoms with Crippen LogP contribution in [0.3, 0.4) is 0 Å². The zero-order chi connectivity index (χ0) is 22.8. The fourth-order valence-corrected chi connectivity index (χ4v) is 3.16. The molecule has 1 atom stereocenters. The van der Waals surface area contributed by atoms with Crippen molar-refractivity contribution in [3.05, 3.63) is 58.9 Å². The number of ether oxygens (including phenoxy) is 2. The highest BCUT2D eigenvalue weighted by atomic mass is 19.1. The predicted octanol–water partition coefficient (Wildman–Crippen LogP) is 3.42. The molecule has 0 aromatic heterocycles. The van der Waals surface area contributed by atoms with Gasteiger partial charge in [0.15, 0.2) is 5.78 Å².